The maximum absolute atomic E-state index is 12.3. The Morgan fingerprint density at radius 2 is 1.93 bits per heavy atom. The van der Waals surface area contributed by atoms with Crippen LogP contribution in [0, 0.1) is 19.3 Å². The third kappa shape index (κ3) is 2.84. The minimum absolute atomic E-state index is 0.239. The summed E-state index contributed by atoms with van der Waals surface area (Å²) in [5, 5.41) is 0. The van der Waals surface area contributed by atoms with E-state index in [9.17, 15) is 13.2 Å². The second kappa shape index (κ2) is 4.18. The van der Waals surface area contributed by atoms with Gasteiger partial charge >= 0.3 is 6.18 Å². The quantitative estimate of drug-likeness (QED) is 0.499. The van der Waals surface area contributed by atoms with Gasteiger partial charge in [-0.1, -0.05) is 18.2 Å². The lowest BCUT2D eigenvalue weighted by molar-refractivity contribution is -0.0571. The van der Waals surface area contributed by atoms with Crippen LogP contribution >= 0.6 is 0 Å². The molecule has 0 unspecified atom stereocenters. The van der Waals surface area contributed by atoms with E-state index in [-0.39, 0.29) is 5.69 Å². The highest BCUT2D eigenvalue weighted by Gasteiger charge is 2.34. The van der Waals surface area contributed by atoms with Gasteiger partial charge in [-0.15, -0.1) is 6.42 Å². The molecule has 78 valence electrons. The summed E-state index contributed by atoms with van der Waals surface area (Å²) in [6, 6.07) is 6.48. The number of rotatable bonds is 1. The van der Waals surface area contributed by atoms with Crippen molar-refractivity contribution in [3.8, 4) is 12.3 Å². The topological polar surface area (TPSA) is 12.4 Å². The molecule has 0 spiro atoms. The van der Waals surface area contributed by atoms with Crippen LogP contribution in [0.3, 0.4) is 0 Å². The first-order chi connectivity index (χ1) is 6.95. The smallest absolute Gasteiger partial charge is 0.235 e. The number of hydrogen-bond donors (Lipinski definition) is 0. The first kappa shape index (κ1) is 11.3. The Hall–Kier alpha value is -1.76. The molecule has 0 bridgehead atoms. The summed E-state index contributed by atoms with van der Waals surface area (Å²) in [4.78, 5) is 3.40. The van der Waals surface area contributed by atoms with Crippen molar-refractivity contribution in [1.82, 2.24) is 0 Å². The Labute approximate surface area is 85.6 Å². The number of terminal acetylenes is 1. The van der Waals surface area contributed by atoms with E-state index >= 15 is 0 Å². The van der Waals surface area contributed by atoms with Gasteiger partial charge in [0.1, 0.15) is 0 Å². The zero-order valence-electron chi connectivity index (χ0n) is 7.97. The maximum atomic E-state index is 12.3. The van der Waals surface area contributed by atoms with Crippen molar-refractivity contribution in [1.29, 1.82) is 0 Å². The van der Waals surface area contributed by atoms with Crippen molar-refractivity contribution in [2.24, 2.45) is 4.99 Å². The number of nitrogens with zero attached hydrogens (tertiary/aromatic N) is 1. The molecular formula is C11H8F3N. The fraction of sp³-hybridized carbons (Fsp3) is 0.182. The van der Waals surface area contributed by atoms with Crippen LogP contribution in [-0.2, 0) is 0 Å². The number of benzene rings is 1. The first-order valence-electron chi connectivity index (χ1n) is 4.13. The van der Waals surface area contributed by atoms with E-state index in [0.717, 1.165) is 0 Å². The molecule has 0 aliphatic heterocycles. The average Bonchev–Trinajstić information content (AvgIpc) is 2.14. The third-order valence-electron chi connectivity index (χ3n) is 1.75. The Balaban J connectivity index is 3.17. The molecule has 0 heterocycles. The predicted molar refractivity (Wildman–Crippen MR) is 53.2 cm³/mol. The number of aliphatic imine (C=N–C) groups is 1. The number of para-hydroxylation sites is 1. The Kier molecular flexibility index (Phi) is 3.15. The van der Waals surface area contributed by atoms with Crippen molar-refractivity contribution >= 4 is 11.4 Å². The molecule has 0 aromatic heterocycles. The van der Waals surface area contributed by atoms with Crippen molar-refractivity contribution in [3.63, 3.8) is 0 Å². The van der Waals surface area contributed by atoms with Crippen molar-refractivity contribution in [2.45, 2.75) is 13.1 Å². The normalized spacial score (nSPS) is 12.3. The van der Waals surface area contributed by atoms with Crippen LogP contribution in [0.15, 0.2) is 29.3 Å². The van der Waals surface area contributed by atoms with E-state index in [1.54, 1.807) is 31.0 Å². The van der Waals surface area contributed by atoms with Crippen LogP contribution in [0.5, 0.6) is 0 Å². The maximum Gasteiger partial charge on any atom is 0.441 e. The number of alkyl halides is 3. The van der Waals surface area contributed by atoms with Crippen LogP contribution in [-0.4, -0.2) is 11.9 Å². The van der Waals surface area contributed by atoms with Gasteiger partial charge in [0.05, 0.1) is 5.69 Å². The number of hydrogen-bond acceptors (Lipinski definition) is 1. The minimum Gasteiger partial charge on any atom is -0.235 e. The standard InChI is InChI=1S/C11H8F3N/c1-3-10(11(12,13)14)15-9-7-5-4-6-8(9)2/h1,4-7H,2H3. The highest BCUT2D eigenvalue weighted by atomic mass is 19.4. The van der Waals surface area contributed by atoms with Gasteiger partial charge in [-0.05, 0) is 24.5 Å². The lowest BCUT2D eigenvalue weighted by Crippen LogP contribution is -2.20. The molecule has 1 rings (SSSR count). The molecule has 1 aromatic carbocycles. The minimum atomic E-state index is -4.57. The van der Waals surface area contributed by atoms with E-state index in [4.69, 9.17) is 6.42 Å². The molecule has 0 radical (unpaired) electrons. The van der Waals surface area contributed by atoms with Gasteiger partial charge < -0.3 is 0 Å². The molecule has 4 heteroatoms. The average molecular weight is 211 g/mol. The zero-order chi connectivity index (χ0) is 11.5. The lowest BCUT2D eigenvalue weighted by atomic mass is 10.2. The van der Waals surface area contributed by atoms with Crippen LogP contribution in [0.2, 0.25) is 0 Å². The van der Waals surface area contributed by atoms with Crippen LogP contribution in [0.4, 0.5) is 18.9 Å². The van der Waals surface area contributed by atoms with Crippen LogP contribution in [0.25, 0.3) is 0 Å². The molecule has 1 aromatic rings. The van der Waals surface area contributed by atoms with Gasteiger partial charge in [0.2, 0.25) is 0 Å². The molecule has 1 nitrogen and oxygen atoms in total. The summed E-state index contributed by atoms with van der Waals surface area (Å²) in [5.41, 5.74) is -0.325. The third-order valence-corrected chi connectivity index (χ3v) is 1.75. The van der Waals surface area contributed by atoms with E-state index in [2.05, 4.69) is 4.99 Å². The molecule has 0 N–H and O–H groups in total. The van der Waals surface area contributed by atoms with Gasteiger partial charge in [0, 0.05) is 0 Å². The zero-order valence-corrected chi connectivity index (χ0v) is 7.97. The second-order valence-corrected chi connectivity index (χ2v) is 2.89. The number of halogens is 3. The molecular weight excluding hydrogens is 203 g/mol. The molecule has 0 saturated carbocycles. The fourth-order valence-corrected chi connectivity index (χ4v) is 0.987. The van der Waals surface area contributed by atoms with Gasteiger partial charge in [-0.2, -0.15) is 13.2 Å². The van der Waals surface area contributed by atoms with Crippen molar-refractivity contribution in [3.05, 3.63) is 29.8 Å². The summed E-state index contributed by atoms with van der Waals surface area (Å²) in [6.07, 6.45) is 0.184. The summed E-state index contributed by atoms with van der Waals surface area (Å²) in [5.74, 6) is 1.54. The monoisotopic (exact) mass is 211 g/mol. The highest BCUT2D eigenvalue weighted by Crippen LogP contribution is 2.23. The fourth-order valence-electron chi connectivity index (χ4n) is 0.987. The van der Waals surface area contributed by atoms with Gasteiger partial charge in [-0.25, -0.2) is 4.99 Å². The molecule has 0 fully saturated rings. The van der Waals surface area contributed by atoms with E-state index < -0.39 is 11.9 Å². The second-order valence-electron chi connectivity index (χ2n) is 2.89. The van der Waals surface area contributed by atoms with Gasteiger partial charge in [-0.3, -0.25) is 0 Å². The van der Waals surface area contributed by atoms with Gasteiger partial charge in [0.25, 0.3) is 0 Å². The summed E-state index contributed by atoms with van der Waals surface area (Å²) < 4.78 is 36.8. The van der Waals surface area contributed by atoms with Crippen molar-refractivity contribution < 1.29 is 13.2 Å². The Morgan fingerprint density at radius 1 is 1.33 bits per heavy atom. The Bertz CT molecular complexity index is 424. The van der Waals surface area contributed by atoms with Crippen molar-refractivity contribution in [2.75, 3.05) is 0 Å². The SMILES string of the molecule is C#CC(=Nc1ccccc1C)C(F)(F)F. The largest absolute Gasteiger partial charge is 0.441 e. The number of aryl methyl sites for hydroxylation is 1. The predicted octanol–water partition coefficient (Wildman–Crippen LogP) is 3.26. The molecule has 0 amide bonds. The lowest BCUT2D eigenvalue weighted by Gasteiger charge is -2.05. The summed E-state index contributed by atoms with van der Waals surface area (Å²) in [7, 11) is 0. The first-order valence-corrected chi connectivity index (χ1v) is 4.13. The molecule has 0 atom stereocenters. The van der Waals surface area contributed by atoms with Crippen LogP contribution in [0.1, 0.15) is 5.56 Å². The molecule has 0 aliphatic carbocycles. The molecule has 15 heavy (non-hydrogen) atoms. The highest BCUT2D eigenvalue weighted by molar-refractivity contribution is 6.05. The van der Waals surface area contributed by atoms with E-state index in [0.29, 0.717) is 5.56 Å². The van der Waals surface area contributed by atoms with Crippen LogP contribution < -0.4 is 0 Å². The Morgan fingerprint density at radius 3 is 2.40 bits per heavy atom. The van der Waals surface area contributed by atoms with E-state index in [1.807, 2.05) is 0 Å². The molecule has 0 aliphatic rings. The summed E-state index contributed by atoms with van der Waals surface area (Å²) in [6.45, 7) is 1.67. The molecule has 0 saturated heterocycles. The van der Waals surface area contributed by atoms with Gasteiger partial charge in [0.15, 0.2) is 5.71 Å². The van der Waals surface area contributed by atoms with E-state index in [1.165, 1.54) is 6.07 Å². The summed E-state index contributed by atoms with van der Waals surface area (Å²) >= 11 is 0.